The molecule has 0 aliphatic heterocycles. The van der Waals surface area contributed by atoms with Crippen LogP contribution in [-0.2, 0) is 16.6 Å². The summed E-state index contributed by atoms with van der Waals surface area (Å²) in [4.78, 5) is 28.1. The summed E-state index contributed by atoms with van der Waals surface area (Å²) in [6, 6.07) is 11.6. The highest BCUT2D eigenvalue weighted by molar-refractivity contribution is 7.88. The number of hydrogen-bond donors (Lipinski definition) is 2. The second-order valence-corrected chi connectivity index (χ2v) is 9.60. The number of benzene rings is 1. The van der Waals surface area contributed by atoms with Gasteiger partial charge in [0.2, 0.25) is 15.8 Å². The second-order valence-electron chi connectivity index (χ2n) is 7.33. The van der Waals surface area contributed by atoms with Gasteiger partial charge in [0.25, 0.3) is 5.56 Å². The Balaban J connectivity index is 1.83. The van der Waals surface area contributed by atoms with Crippen molar-refractivity contribution in [2.75, 3.05) is 12.8 Å². The van der Waals surface area contributed by atoms with Gasteiger partial charge in [0, 0.05) is 34.8 Å². The fraction of sp³-hybridized carbons (Fsp3) is 0.286. The van der Waals surface area contributed by atoms with Gasteiger partial charge in [-0.15, -0.1) is 0 Å². The predicted molar refractivity (Wildman–Crippen MR) is 119 cm³/mol. The molecule has 2 aromatic heterocycles. The van der Waals surface area contributed by atoms with Gasteiger partial charge < -0.3 is 4.98 Å². The van der Waals surface area contributed by atoms with Gasteiger partial charge in [-0.3, -0.25) is 9.59 Å². The Morgan fingerprint density at radius 3 is 2.55 bits per heavy atom. The first-order chi connectivity index (χ1) is 14.5. The molecule has 2 N–H and O–H groups in total. The number of sulfonamides is 1. The fourth-order valence-corrected chi connectivity index (χ4v) is 3.74. The molecule has 0 radical (unpaired) electrons. The Kier molecular flexibility index (Phi) is 6.78. The summed E-state index contributed by atoms with van der Waals surface area (Å²) in [7, 11) is -3.35. The SMILES string of the molecule is Cc1cc(C(C)c2ccc(=O)n(CCNS(C)(=O)=O)n2)[nH]c1C(=O)c1ccc(Cl)cc1. The molecule has 0 fully saturated rings. The third-order valence-corrected chi connectivity index (χ3v) is 5.83. The molecule has 0 aliphatic rings. The maximum absolute atomic E-state index is 12.9. The minimum absolute atomic E-state index is 0.0604. The molecule has 0 saturated heterocycles. The monoisotopic (exact) mass is 462 g/mol. The summed E-state index contributed by atoms with van der Waals surface area (Å²) in [6.45, 7) is 3.93. The van der Waals surface area contributed by atoms with E-state index in [1.54, 1.807) is 30.3 Å². The van der Waals surface area contributed by atoms with Gasteiger partial charge in [-0.05, 0) is 48.9 Å². The van der Waals surface area contributed by atoms with Crippen LogP contribution in [0.25, 0.3) is 0 Å². The van der Waals surface area contributed by atoms with Crippen molar-refractivity contribution in [2.45, 2.75) is 26.3 Å². The third kappa shape index (κ3) is 5.69. The van der Waals surface area contributed by atoms with Gasteiger partial charge >= 0.3 is 0 Å². The number of ketones is 1. The van der Waals surface area contributed by atoms with Crippen LogP contribution in [0.4, 0.5) is 0 Å². The minimum atomic E-state index is -3.35. The predicted octanol–water partition coefficient (Wildman–Crippen LogP) is 2.47. The molecule has 3 rings (SSSR count). The van der Waals surface area contributed by atoms with E-state index in [0.717, 1.165) is 17.5 Å². The van der Waals surface area contributed by atoms with Crippen molar-refractivity contribution in [3.63, 3.8) is 0 Å². The van der Waals surface area contributed by atoms with Crippen LogP contribution in [-0.4, -0.2) is 41.8 Å². The minimum Gasteiger partial charge on any atom is -0.355 e. The molecular formula is C21H23ClN4O4S. The second kappa shape index (κ2) is 9.17. The van der Waals surface area contributed by atoms with Gasteiger partial charge in [0.15, 0.2) is 0 Å². The number of aromatic nitrogens is 3. The van der Waals surface area contributed by atoms with Crippen LogP contribution >= 0.6 is 11.6 Å². The average molecular weight is 463 g/mol. The number of nitrogens with zero attached hydrogens (tertiary/aromatic N) is 2. The Bertz CT molecular complexity index is 1260. The van der Waals surface area contributed by atoms with Crippen molar-refractivity contribution in [3.05, 3.63) is 86.0 Å². The quantitative estimate of drug-likeness (QED) is 0.499. The van der Waals surface area contributed by atoms with Crippen LogP contribution in [0.2, 0.25) is 5.02 Å². The van der Waals surface area contributed by atoms with Crippen LogP contribution in [0.3, 0.4) is 0 Å². The van der Waals surface area contributed by atoms with E-state index >= 15 is 0 Å². The van der Waals surface area contributed by atoms with Gasteiger partial charge in [-0.25, -0.2) is 17.8 Å². The van der Waals surface area contributed by atoms with Crippen molar-refractivity contribution in [3.8, 4) is 0 Å². The Labute approximate surface area is 185 Å². The van der Waals surface area contributed by atoms with Crippen molar-refractivity contribution in [2.24, 2.45) is 0 Å². The largest absolute Gasteiger partial charge is 0.355 e. The van der Waals surface area contributed by atoms with Crippen molar-refractivity contribution >= 4 is 27.4 Å². The van der Waals surface area contributed by atoms with Gasteiger partial charge in [0.05, 0.1) is 24.2 Å². The summed E-state index contributed by atoms with van der Waals surface area (Å²) in [5.74, 6) is -0.363. The van der Waals surface area contributed by atoms with Gasteiger partial charge in [-0.2, -0.15) is 5.10 Å². The van der Waals surface area contributed by atoms with Crippen LogP contribution in [0.15, 0.2) is 47.3 Å². The number of hydrogen-bond acceptors (Lipinski definition) is 5. The first-order valence-corrected chi connectivity index (χ1v) is 11.8. The van der Waals surface area contributed by atoms with E-state index in [1.165, 1.54) is 10.7 Å². The molecule has 3 aromatic rings. The number of carbonyl (C=O) groups is 1. The maximum Gasteiger partial charge on any atom is 0.266 e. The highest BCUT2D eigenvalue weighted by Crippen LogP contribution is 2.25. The zero-order valence-electron chi connectivity index (χ0n) is 17.3. The molecule has 0 amide bonds. The highest BCUT2D eigenvalue weighted by Gasteiger charge is 2.19. The maximum atomic E-state index is 12.9. The molecule has 0 aliphatic carbocycles. The van der Waals surface area contributed by atoms with Crippen LogP contribution in [0.5, 0.6) is 0 Å². The molecule has 31 heavy (non-hydrogen) atoms. The van der Waals surface area contributed by atoms with Crippen molar-refractivity contribution in [1.29, 1.82) is 0 Å². The molecule has 8 nitrogen and oxygen atoms in total. The van der Waals surface area contributed by atoms with Crippen LogP contribution in [0.1, 0.15) is 45.8 Å². The van der Waals surface area contributed by atoms with E-state index in [9.17, 15) is 18.0 Å². The highest BCUT2D eigenvalue weighted by atomic mass is 35.5. The van der Waals surface area contributed by atoms with Crippen molar-refractivity contribution < 1.29 is 13.2 Å². The molecule has 0 bridgehead atoms. The number of aryl methyl sites for hydroxylation is 1. The van der Waals surface area contributed by atoms with Gasteiger partial charge in [0.1, 0.15) is 0 Å². The molecule has 164 valence electrons. The summed E-state index contributed by atoms with van der Waals surface area (Å²) in [5, 5.41) is 4.93. The summed E-state index contributed by atoms with van der Waals surface area (Å²) >= 11 is 5.90. The molecule has 2 heterocycles. The normalized spacial score (nSPS) is 12.6. The van der Waals surface area contributed by atoms with E-state index in [-0.39, 0.29) is 30.3 Å². The fourth-order valence-electron chi connectivity index (χ4n) is 3.15. The lowest BCUT2D eigenvalue weighted by atomic mass is 10.0. The van der Waals surface area contributed by atoms with E-state index in [0.29, 0.717) is 22.0 Å². The number of H-pyrrole nitrogens is 1. The molecule has 0 spiro atoms. The lowest BCUT2D eigenvalue weighted by Crippen LogP contribution is -2.31. The first-order valence-electron chi connectivity index (χ1n) is 9.57. The van der Waals surface area contributed by atoms with E-state index in [4.69, 9.17) is 11.6 Å². The molecule has 1 atom stereocenters. The molecule has 0 saturated carbocycles. The van der Waals surface area contributed by atoms with E-state index in [1.807, 2.05) is 19.9 Å². The molecule has 1 unspecified atom stereocenters. The summed E-state index contributed by atoms with van der Waals surface area (Å²) in [5.41, 5.74) is 2.88. The van der Waals surface area contributed by atoms with E-state index in [2.05, 4.69) is 14.8 Å². The first kappa shape index (κ1) is 22.9. The average Bonchev–Trinajstić information content (AvgIpc) is 3.09. The Morgan fingerprint density at radius 1 is 1.23 bits per heavy atom. The zero-order chi connectivity index (χ0) is 22.8. The summed E-state index contributed by atoms with van der Waals surface area (Å²) < 4.78 is 26.0. The Hall–Kier alpha value is -2.75. The van der Waals surface area contributed by atoms with Gasteiger partial charge in [-0.1, -0.05) is 18.5 Å². The molecule has 1 aromatic carbocycles. The standard InChI is InChI=1S/C21H23ClN4O4S/c1-13-12-18(24-20(13)21(28)15-4-6-16(22)7-5-15)14(2)17-8-9-19(27)26(25-17)11-10-23-31(3,29)30/h4-9,12,14,23-24H,10-11H2,1-3H3. The van der Waals surface area contributed by atoms with E-state index < -0.39 is 10.0 Å². The lowest BCUT2D eigenvalue weighted by molar-refractivity contribution is 0.103. The molecular weight excluding hydrogens is 440 g/mol. The third-order valence-electron chi connectivity index (χ3n) is 4.85. The Morgan fingerprint density at radius 2 is 1.90 bits per heavy atom. The van der Waals surface area contributed by atoms with Crippen molar-refractivity contribution in [1.82, 2.24) is 19.5 Å². The number of aromatic amines is 1. The van der Waals surface area contributed by atoms with Crippen LogP contribution < -0.4 is 10.3 Å². The zero-order valence-corrected chi connectivity index (χ0v) is 18.9. The lowest BCUT2D eigenvalue weighted by Gasteiger charge is -2.12. The summed E-state index contributed by atoms with van der Waals surface area (Å²) in [6.07, 6.45) is 1.05. The number of carbonyl (C=O) groups excluding carboxylic acids is 1. The smallest absolute Gasteiger partial charge is 0.266 e. The van der Waals surface area contributed by atoms with Crippen LogP contribution in [0, 0.1) is 6.92 Å². The number of rotatable bonds is 8. The number of halogens is 1. The topological polar surface area (TPSA) is 114 Å². The molecule has 10 heteroatoms. The number of nitrogens with one attached hydrogen (secondary N) is 2.